The molecule has 5 nitrogen and oxygen atoms in total. The maximum absolute atomic E-state index is 11.9. The number of thioether (sulfide) groups is 1. The summed E-state index contributed by atoms with van der Waals surface area (Å²) in [4.78, 5) is 23.0. The Morgan fingerprint density at radius 1 is 1.25 bits per heavy atom. The fourth-order valence-electron chi connectivity index (χ4n) is 2.52. The van der Waals surface area contributed by atoms with E-state index in [0.717, 1.165) is 25.7 Å². The van der Waals surface area contributed by atoms with E-state index in [1.807, 2.05) is 25.6 Å². The first-order chi connectivity index (χ1) is 9.42. The Balaban J connectivity index is 2.36. The van der Waals surface area contributed by atoms with Gasteiger partial charge < -0.3 is 15.7 Å². The molecule has 0 unspecified atom stereocenters. The highest BCUT2D eigenvalue weighted by molar-refractivity contribution is 7.99. The molecule has 0 aromatic carbocycles. The number of amides is 2. The molecule has 0 spiro atoms. The summed E-state index contributed by atoms with van der Waals surface area (Å²) >= 11 is 1.88. The number of hydrogen-bond donors (Lipinski definition) is 3. The molecule has 3 N–H and O–H groups in total. The first-order valence-electron chi connectivity index (χ1n) is 7.25. The third-order valence-corrected chi connectivity index (χ3v) is 4.79. The quantitative estimate of drug-likeness (QED) is 0.704. The van der Waals surface area contributed by atoms with Crippen LogP contribution in [0, 0.1) is 5.92 Å². The van der Waals surface area contributed by atoms with E-state index >= 15 is 0 Å². The van der Waals surface area contributed by atoms with Crippen molar-refractivity contribution in [1.82, 2.24) is 10.6 Å². The summed E-state index contributed by atoms with van der Waals surface area (Å²) in [5.74, 6) is -0.742. The van der Waals surface area contributed by atoms with Crippen LogP contribution in [0.4, 0.5) is 4.79 Å². The van der Waals surface area contributed by atoms with Crippen molar-refractivity contribution in [2.24, 2.45) is 5.92 Å². The lowest BCUT2D eigenvalue weighted by Gasteiger charge is -2.28. The normalized spacial score (nSPS) is 24.2. The van der Waals surface area contributed by atoms with E-state index in [9.17, 15) is 9.59 Å². The third-order valence-electron chi connectivity index (χ3n) is 3.65. The molecule has 0 aromatic heterocycles. The van der Waals surface area contributed by atoms with Gasteiger partial charge in [-0.25, -0.2) is 9.59 Å². The molecule has 116 valence electrons. The summed E-state index contributed by atoms with van der Waals surface area (Å²) in [6.45, 7) is 3.89. The summed E-state index contributed by atoms with van der Waals surface area (Å²) < 4.78 is 0. The Morgan fingerprint density at radius 2 is 1.85 bits per heavy atom. The van der Waals surface area contributed by atoms with E-state index in [1.54, 1.807) is 0 Å². The van der Waals surface area contributed by atoms with Crippen LogP contribution in [-0.4, -0.2) is 40.7 Å². The topological polar surface area (TPSA) is 78.4 Å². The highest BCUT2D eigenvalue weighted by atomic mass is 32.2. The van der Waals surface area contributed by atoms with Crippen molar-refractivity contribution in [1.29, 1.82) is 0 Å². The Hall–Kier alpha value is -0.910. The van der Waals surface area contributed by atoms with Crippen LogP contribution in [0.3, 0.4) is 0 Å². The second kappa shape index (κ2) is 8.39. The molecule has 0 heterocycles. The first-order valence-corrected chi connectivity index (χ1v) is 8.53. The lowest BCUT2D eigenvalue weighted by molar-refractivity contribution is -0.139. The van der Waals surface area contributed by atoms with E-state index in [-0.39, 0.29) is 18.0 Å². The molecule has 1 atom stereocenters. The van der Waals surface area contributed by atoms with Crippen molar-refractivity contribution in [3.05, 3.63) is 0 Å². The third kappa shape index (κ3) is 6.03. The molecule has 2 amide bonds. The van der Waals surface area contributed by atoms with Gasteiger partial charge in [0.05, 0.1) is 0 Å². The molecule has 20 heavy (non-hydrogen) atoms. The van der Waals surface area contributed by atoms with Gasteiger partial charge in [0.25, 0.3) is 0 Å². The fourth-order valence-corrected chi connectivity index (χ4v) is 3.26. The molecule has 6 heteroatoms. The number of hydrogen-bond acceptors (Lipinski definition) is 3. The van der Waals surface area contributed by atoms with Crippen molar-refractivity contribution in [2.45, 2.75) is 63.3 Å². The van der Waals surface area contributed by atoms with Gasteiger partial charge in [0.15, 0.2) is 0 Å². The lowest BCUT2D eigenvalue weighted by Crippen LogP contribution is -2.50. The minimum absolute atomic E-state index is 0.173. The van der Waals surface area contributed by atoms with Gasteiger partial charge in [0, 0.05) is 11.3 Å². The van der Waals surface area contributed by atoms with Gasteiger partial charge in [0.1, 0.15) is 6.04 Å². The molecule has 1 saturated carbocycles. The molecule has 0 saturated heterocycles. The van der Waals surface area contributed by atoms with E-state index in [1.165, 1.54) is 0 Å². The van der Waals surface area contributed by atoms with Gasteiger partial charge in [-0.2, -0.15) is 11.8 Å². The molecule has 0 aromatic rings. The number of carbonyl (C=O) groups excluding carboxylic acids is 1. The van der Waals surface area contributed by atoms with Crippen molar-refractivity contribution in [2.75, 3.05) is 6.26 Å². The highest BCUT2D eigenvalue weighted by Crippen LogP contribution is 2.26. The Labute approximate surface area is 125 Å². The molecule has 1 rings (SSSR count). The SMILES string of the molecule is CSC1CCC(NC(=O)N[C@H](CC(C)C)C(=O)O)CC1. The summed E-state index contributed by atoms with van der Waals surface area (Å²) in [6, 6.07) is -0.991. The molecule has 0 radical (unpaired) electrons. The predicted molar refractivity (Wildman–Crippen MR) is 82.1 cm³/mol. The number of urea groups is 1. The summed E-state index contributed by atoms with van der Waals surface area (Å²) in [5.41, 5.74) is 0. The zero-order valence-electron chi connectivity index (χ0n) is 12.5. The van der Waals surface area contributed by atoms with E-state index in [4.69, 9.17) is 5.11 Å². The van der Waals surface area contributed by atoms with E-state index in [0.29, 0.717) is 11.7 Å². The van der Waals surface area contributed by atoms with Gasteiger partial charge in [-0.1, -0.05) is 13.8 Å². The second-order valence-electron chi connectivity index (χ2n) is 5.85. The average Bonchev–Trinajstić information content (AvgIpc) is 2.38. The molecule has 0 bridgehead atoms. The maximum atomic E-state index is 11.9. The number of carboxylic acid groups (broad SMARTS) is 1. The van der Waals surface area contributed by atoms with Gasteiger partial charge in [0.2, 0.25) is 0 Å². The standard InChI is InChI=1S/C14H26N2O3S/c1-9(2)8-12(13(17)18)16-14(19)15-10-4-6-11(20-3)7-5-10/h9-12H,4-8H2,1-3H3,(H,17,18)(H2,15,16,19)/t10?,11?,12-/m1/s1. The highest BCUT2D eigenvalue weighted by Gasteiger charge is 2.25. The Kier molecular flexibility index (Phi) is 7.19. The number of rotatable bonds is 6. The molecular formula is C14H26N2O3S. The largest absolute Gasteiger partial charge is 0.480 e. The molecule has 1 aliphatic carbocycles. The van der Waals surface area contributed by atoms with Gasteiger partial charge in [-0.3, -0.25) is 0 Å². The predicted octanol–water partition coefficient (Wildman–Crippen LogP) is 2.46. The van der Waals surface area contributed by atoms with E-state index in [2.05, 4.69) is 16.9 Å². The summed E-state index contributed by atoms with van der Waals surface area (Å²) in [6.07, 6.45) is 6.74. The Morgan fingerprint density at radius 3 is 2.30 bits per heavy atom. The fraction of sp³-hybridized carbons (Fsp3) is 0.857. The van der Waals surface area contributed by atoms with Crippen molar-refractivity contribution < 1.29 is 14.7 Å². The maximum Gasteiger partial charge on any atom is 0.326 e. The van der Waals surface area contributed by atoms with Crippen LogP contribution < -0.4 is 10.6 Å². The number of nitrogens with one attached hydrogen (secondary N) is 2. The first kappa shape index (κ1) is 17.1. The van der Waals surface area contributed by atoms with Crippen LogP contribution in [0.2, 0.25) is 0 Å². The zero-order valence-corrected chi connectivity index (χ0v) is 13.3. The van der Waals surface area contributed by atoms with Crippen LogP contribution in [0.15, 0.2) is 0 Å². The van der Waals surface area contributed by atoms with Gasteiger partial charge in [-0.05, 0) is 44.3 Å². The molecule has 0 aliphatic heterocycles. The number of carbonyl (C=O) groups is 2. The van der Waals surface area contributed by atoms with Crippen LogP contribution in [0.5, 0.6) is 0 Å². The number of carboxylic acids is 1. The summed E-state index contributed by atoms with van der Waals surface area (Å²) in [7, 11) is 0. The van der Waals surface area contributed by atoms with Gasteiger partial charge >= 0.3 is 12.0 Å². The smallest absolute Gasteiger partial charge is 0.326 e. The van der Waals surface area contributed by atoms with Crippen LogP contribution in [-0.2, 0) is 4.79 Å². The van der Waals surface area contributed by atoms with Crippen molar-refractivity contribution in [3.63, 3.8) is 0 Å². The molecule has 1 aliphatic rings. The average molecular weight is 302 g/mol. The minimum atomic E-state index is -0.972. The van der Waals surface area contributed by atoms with Gasteiger partial charge in [-0.15, -0.1) is 0 Å². The molecule has 1 fully saturated rings. The zero-order chi connectivity index (χ0) is 15.1. The monoisotopic (exact) mass is 302 g/mol. The van der Waals surface area contributed by atoms with Crippen LogP contribution in [0.25, 0.3) is 0 Å². The number of aliphatic carboxylic acids is 1. The van der Waals surface area contributed by atoms with Crippen LogP contribution in [0.1, 0.15) is 46.0 Å². The second-order valence-corrected chi connectivity index (χ2v) is 6.99. The van der Waals surface area contributed by atoms with Crippen molar-refractivity contribution >= 4 is 23.8 Å². The Bertz CT molecular complexity index is 328. The minimum Gasteiger partial charge on any atom is -0.480 e. The van der Waals surface area contributed by atoms with Crippen LogP contribution >= 0.6 is 11.8 Å². The van der Waals surface area contributed by atoms with E-state index < -0.39 is 12.0 Å². The van der Waals surface area contributed by atoms with Crippen molar-refractivity contribution in [3.8, 4) is 0 Å². The molecular weight excluding hydrogens is 276 g/mol. The summed E-state index contributed by atoms with van der Waals surface area (Å²) in [5, 5.41) is 15.3. The lowest BCUT2D eigenvalue weighted by atomic mass is 9.95.